The zero-order valence-electron chi connectivity index (χ0n) is 13.8. The van der Waals surface area contributed by atoms with Crippen molar-refractivity contribution in [3.05, 3.63) is 45.6 Å². The highest BCUT2D eigenvalue weighted by molar-refractivity contribution is 6.29. The summed E-state index contributed by atoms with van der Waals surface area (Å²) in [6.07, 6.45) is 4.61. The van der Waals surface area contributed by atoms with Crippen molar-refractivity contribution in [2.24, 2.45) is 0 Å². The van der Waals surface area contributed by atoms with Crippen molar-refractivity contribution in [2.75, 3.05) is 7.18 Å². The van der Waals surface area contributed by atoms with Crippen molar-refractivity contribution in [1.29, 1.82) is 0 Å². The molecular formula is C15H18ClF2N5O. The van der Waals surface area contributed by atoms with Crippen molar-refractivity contribution in [3.8, 4) is 11.5 Å². The summed E-state index contributed by atoms with van der Waals surface area (Å²) in [4.78, 5) is 26.0. The van der Waals surface area contributed by atoms with E-state index in [4.69, 9.17) is 11.6 Å². The van der Waals surface area contributed by atoms with Crippen LogP contribution >= 0.6 is 11.6 Å². The van der Waals surface area contributed by atoms with E-state index in [1.165, 1.54) is 6.20 Å². The Labute approximate surface area is 142 Å². The van der Waals surface area contributed by atoms with Gasteiger partial charge < -0.3 is 4.98 Å². The lowest BCUT2D eigenvalue weighted by Crippen LogP contribution is -2.13. The van der Waals surface area contributed by atoms with Crippen LogP contribution in [0.15, 0.2) is 23.4 Å². The summed E-state index contributed by atoms with van der Waals surface area (Å²) in [5, 5.41) is 0.419. The predicted molar refractivity (Wildman–Crippen MR) is 89.6 cm³/mol. The molecule has 0 fully saturated rings. The fraction of sp³-hybridized carbons (Fsp3) is 0.333. The quantitative estimate of drug-likeness (QED) is 0.762. The van der Waals surface area contributed by atoms with Gasteiger partial charge in [0.1, 0.15) is 10.8 Å². The molecule has 3 rings (SSSR count). The zero-order valence-corrected chi connectivity index (χ0v) is 14.5. The van der Waals surface area contributed by atoms with Crippen LogP contribution < -0.4 is 5.56 Å². The topological polar surface area (TPSA) is 75.9 Å². The number of aryl methyl sites for hydroxylation is 1. The highest BCUT2D eigenvalue weighted by Crippen LogP contribution is 2.19. The third kappa shape index (κ3) is 3.94. The highest BCUT2D eigenvalue weighted by atomic mass is 35.5. The number of nitrogens with one attached hydrogen (secondary N) is 1. The van der Waals surface area contributed by atoms with E-state index in [1.807, 2.05) is 20.8 Å². The molecular weight excluding hydrogens is 340 g/mol. The number of nitrogens with zero attached hydrogens (tertiary/aromatic N) is 4. The first-order chi connectivity index (χ1) is 11.6. The second kappa shape index (κ2) is 9.07. The molecule has 3 aromatic heterocycles. The Kier molecular flexibility index (Phi) is 7.44. The molecule has 0 amide bonds. The third-order valence-corrected chi connectivity index (χ3v) is 3.13. The van der Waals surface area contributed by atoms with Crippen LogP contribution in [0.25, 0.3) is 17.2 Å². The Morgan fingerprint density at radius 2 is 1.92 bits per heavy atom. The monoisotopic (exact) mass is 357 g/mol. The fourth-order valence-electron chi connectivity index (χ4n) is 1.88. The standard InChI is InChI=1S/C12H9ClFN5O.C2H6.CH3F/c1-2-7-11-16-4-9(13)19(11)5-8(17-7)10-15-3-6(14)12(20)18-10;2*1-2/h3-5H,2H2,1H3,(H,15,18,20);1-2H3;1H3. The van der Waals surface area contributed by atoms with Crippen LogP contribution in [-0.4, -0.2) is 31.5 Å². The number of aromatic nitrogens is 5. The Bertz CT molecular complexity index is 863. The Balaban J connectivity index is 0.000000671. The molecule has 0 radical (unpaired) electrons. The Morgan fingerprint density at radius 3 is 2.50 bits per heavy atom. The van der Waals surface area contributed by atoms with Crippen molar-refractivity contribution >= 4 is 17.2 Å². The van der Waals surface area contributed by atoms with Gasteiger partial charge in [-0.25, -0.2) is 15.0 Å². The van der Waals surface area contributed by atoms with Gasteiger partial charge in [0.15, 0.2) is 11.5 Å². The maximum Gasteiger partial charge on any atom is 0.287 e. The molecule has 0 aliphatic heterocycles. The lowest BCUT2D eigenvalue weighted by Gasteiger charge is -2.05. The first kappa shape index (κ1) is 19.7. The van der Waals surface area contributed by atoms with Crippen molar-refractivity contribution < 1.29 is 8.78 Å². The predicted octanol–water partition coefficient (Wildman–Crippen LogP) is 3.45. The summed E-state index contributed by atoms with van der Waals surface area (Å²) in [5.74, 6) is -0.760. The highest BCUT2D eigenvalue weighted by Gasteiger charge is 2.12. The summed E-state index contributed by atoms with van der Waals surface area (Å²) in [7, 11) is 0.500. The molecule has 0 aliphatic rings. The van der Waals surface area contributed by atoms with Crippen LogP contribution in [0, 0.1) is 5.82 Å². The van der Waals surface area contributed by atoms with Gasteiger partial charge in [0, 0.05) is 6.20 Å². The van der Waals surface area contributed by atoms with E-state index < -0.39 is 11.4 Å². The lowest BCUT2D eigenvalue weighted by atomic mass is 10.3. The fourth-order valence-corrected chi connectivity index (χ4v) is 2.06. The molecule has 0 unspecified atom stereocenters. The molecule has 9 heteroatoms. The van der Waals surface area contributed by atoms with Gasteiger partial charge in [0.2, 0.25) is 5.82 Å². The normalized spacial score (nSPS) is 9.79. The van der Waals surface area contributed by atoms with Gasteiger partial charge in [-0.15, -0.1) is 0 Å². The maximum atomic E-state index is 13.0. The number of halogens is 3. The molecule has 24 heavy (non-hydrogen) atoms. The lowest BCUT2D eigenvalue weighted by molar-refractivity contribution is 0.601. The summed E-state index contributed by atoms with van der Waals surface area (Å²) in [6.45, 7) is 5.93. The Morgan fingerprint density at radius 1 is 1.25 bits per heavy atom. The Hall–Kier alpha value is -2.35. The van der Waals surface area contributed by atoms with Gasteiger partial charge in [-0.1, -0.05) is 32.4 Å². The molecule has 0 spiro atoms. The van der Waals surface area contributed by atoms with E-state index in [0.29, 0.717) is 35.8 Å². The SMILES string of the molecule is CC.CCc1nc(-c2ncc(F)c(=O)[nH]2)cn2c(Cl)cnc12.CF. The molecule has 0 saturated heterocycles. The van der Waals surface area contributed by atoms with E-state index in [-0.39, 0.29) is 5.82 Å². The first-order valence-electron chi connectivity index (χ1n) is 7.25. The zero-order chi connectivity index (χ0) is 18.3. The van der Waals surface area contributed by atoms with E-state index in [0.717, 1.165) is 6.20 Å². The molecule has 3 heterocycles. The number of alkyl halides is 1. The first-order valence-corrected chi connectivity index (χ1v) is 7.63. The van der Waals surface area contributed by atoms with Crippen molar-refractivity contribution in [1.82, 2.24) is 24.3 Å². The molecule has 3 aromatic rings. The van der Waals surface area contributed by atoms with Gasteiger partial charge >= 0.3 is 0 Å². The summed E-state index contributed by atoms with van der Waals surface area (Å²) in [6, 6.07) is 0. The molecule has 6 nitrogen and oxygen atoms in total. The van der Waals surface area contributed by atoms with Crippen molar-refractivity contribution in [2.45, 2.75) is 27.2 Å². The van der Waals surface area contributed by atoms with Gasteiger partial charge in [0.05, 0.1) is 25.3 Å². The number of fused-ring (bicyclic) bond motifs is 1. The molecule has 1 N–H and O–H groups in total. The van der Waals surface area contributed by atoms with E-state index in [1.54, 1.807) is 10.6 Å². The average molecular weight is 358 g/mol. The molecule has 0 aromatic carbocycles. The van der Waals surface area contributed by atoms with E-state index in [2.05, 4.69) is 19.9 Å². The smallest absolute Gasteiger partial charge is 0.287 e. The number of imidazole rings is 1. The third-order valence-electron chi connectivity index (χ3n) is 2.85. The van der Waals surface area contributed by atoms with Gasteiger partial charge in [0.25, 0.3) is 5.56 Å². The van der Waals surface area contributed by atoms with Crippen LogP contribution in [0.4, 0.5) is 8.78 Å². The molecule has 130 valence electrons. The van der Waals surface area contributed by atoms with Crippen LogP contribution in [0.1, 0.15) is 26.5 Å². The maximum absolute atomic E-state index is 13.0. The number of hydrogen-bond acceptors (Lipinski definition) is 4. The minimum Gasteiger partial charge on any atom is -0.303 e. The minimum atomic E-state index is -0.939. The van der Waals surface area contributed by atoms with Crippen molar-refractivity contribution in [3.63, 3.8) is 0 Å². The van der Waals surface area contributed by atoms with E-state index >= 15 is 0 Å². The van der Waals surface area contributed by atoms with Crippen LogP contribution in [0.3, 0.4) is 0 Å². The van der Waals surface area contributed by atoms with Crippen LogP contribution in [0.2, 0.25) is 5.15 Å². The van der Waals surface area contributed by atoms with Crippen LogP contribution in [0.5, 0.6) is 0 Å². The van der Waals surface area contributed by atoms with Gasteiger partial charge in [-0.3, -0.25) is 13.6 Å². The van der Waals surface area contributed by atoms with Gasteiger partial charge in [-0.05, 0) is 6.42 Å². The minimum absolute atomic E-state index is 0.178. The number of hydrogen-bond donors (Lipinski definition) is 1. The summed E-state index contributed by atoms with van der Waals surface area (Å²) < 4.78 is 24.1. The number of H-pyrrole nitrogens is 1. The number of rotatable bonds is 2. The summed E-state index contributed by atoms with van der Waals surface area (Å²) in [5.41, 5.74) is 0.908. The average Bonchev–Trinajstić information content (AvgIpc) is 3.01. The number of aromatic amines is 1. The molecule has 0 aliphatic carbocycles. The second-order valence-electron chi connectivity index (χ2n) is 4.11. The second-order valence-corrected chi connectivity index (χ2v) is 4.50. The largest absolute Gasteiger partial charge is 0.303 e. The van der Waals surface area contributed by atoms with Gasteiger partial charge in [-0.2, -0.15) is 4.39 Å². The molecule has 0 saturated carbocycles. The van der Waals surface area contributed by atoms with Crippen LogP contribution in [-0.2, 0) is 6.42 Å². The summed E-state index contributed by atoms with van der Waals surface area (Å²) >= 11 is 6.04. The van der Waals surface area contributed by atoms with E-state index in [9.17, 15) is 13.6 Å². The molecule has 0 bridgehead atoms. The molecule has 0 atom stereocenters.